The summed E-state index contributed by atoms with van der Waals surface area (Å²) in [4.78, 5) is 12.7. The van der Waals surface area contributed by atoms with Gasteiger partial charge in [0.25, 0.3) is 0 Å². The van der Waals surface area contributed by atoms with Crippen LogP contribution in [0.3, 0.4) is 0 Å². The van der Waals surface area contributed by atoms with Gasteiger partial charge in [0.2, 0.25) is 0 Å². The van der Waals surface area contributed by atoms with Gasteiger partial charge in [-0.05, 0) is 44.4 Å². The molecule has 1 aliphatic carbocycles. The molecule has 20 heavy (non-hydrogen) atoms. The number of rotatable bonds is 6. The van der Waals surface area contributed by atoms with Gasteiger partial charge in [-0.1, -0.05) is 0 Å². The number of carbonyl (C=O) groups is 1. The van der Waals surface area contributed by atoms with Crippen LogP contribution in [-0.2, 0) is 4.79 Å². The van der Waals surface area contributed by atoms with E-state index in [1.165, 1.54) is 19.1 Å². The molecule has 0 bridgehead atoms. The Balaban J connectivity index is 2.20. The Labute approximate surface area is 117 Å². The monoisotopic (exact) mass is 283 g/mol. The zero-order chi connectivity index (χ0) is 14.9. The number of carboxylic acids is 1. The van der Waals surface area contributed by atoms with Crippen molar-refractivity contribution in [2.24, 2.45) is 0 Å². The van der Waals surface area contributed by atoms with Crippen molar-refractivity contribution in [2.75, 3.05) is 6.54 Å². The lowest BCUT2D eigenvalue weighted by Crippen LogP contribution is -2.32. The molecule has 1 fully saturated rings. The molecule has 1 aromatic carbocycles. The molecule has 110 valence electrons. The van der Waals surface area contributed by atoms with Gasteiger partial charge in [0.15, 0.2) is 0 Å². The summed E-state index contributed by atoms with van der Waals surface area (Å²) < 4.78 is 27.6. The van der Waals surface area contributed by atoms with Crippen molar-refractivity contribution in [3.8, 4) is 0 Å². The van der Waals surface area contributed by atoms with Crippen molar-refractivity contribution >= 4 is 5.97 Å². The lowest BCUT2D eigenvalue weighted by molar-refractivity contribution is -0.137. The molecule has 0 aliphatic heterocycles. The Hall–Kier alpha value is -1.49. The number of hydrogen-bond donors (Lipinski definition) is 1. The molecular weight excluding hydrogens is 264 g/mol. The van der Waals surface area contributed by atoms with Crippen LogP contribution in [0.25, 0.3) is 0 Å². The summed E-state index contributed by atoms with van der Waals surface area (Å²) >= 11 is 0. The summed E-state index contributed by atoms with van der Waals surface area (Å²) in [6, 6.07) is 2.39. The molecule has 0 spiro atoms. The van der Waals surface area contributed by atoms with Crippen molar-refractivity contribution in [1.29, 1.82) is 0 Å². The maximum atomic E-state index is 14.0. The first kappa shape index (κ1) is 14.9. The fourth-order valence-corrected chi connectivity index (χ4v) is 2.48. The molecule has 1 N–H and O–H groups in total. The normalized spacial score (nSPS) is 16.4. The second-order valence-electron chi connectivity index (χ2n) is 5.41. The van der Waals surface area contributed by atoms with Crippen LogP contribution in [0.5, 0.6) is 0 Å². The van der Waals surface area contributed by atoms with Gasteiger partial charge in [-0.25, -0.2) is 8.78 Å². The van der Waals surface area contributed by atoms with E-state index >= 15 is 0 Å². The molecule has 0 saturated heterocycles. The van der Waals surface area contributed by atoms with Crippen LogP contribution in [0.15, 0.2) is 12.1 Å². The van der Waals surface area contributed by atoms with E-state index in [4.69, 9.17) is 5.11 Å². The topological polar surface area (TPSA) is 40.5 Å². The third kappa shape index (κ3) is 3.33. The highest BCUT2D eigenvalue weighted by Gasteiger charge is 2.33. The van der Waals surface area contributed by atoms with Gasteiger partial charge in [0.1, 0.15) is 11.6 Å². The largest absolute Gasteiger partial charge is 0.481 e. The maximum Gasteiger partial charge on any atom is 0.304 e. The van der Waals surface area contributed by atoms with Gasteiger partial charge in [0.05, 0.1) is 6.42 Å². The third-order valence-electron chi connectivity index (χ3n) is 3.83. The predicted octanol–water partition coefficient (Wildman–Crippen LogP) is 3.27. The smallest absolute Gasteiger partial charge is 0.304 e. The fourth-order valence-electron chi connectivity index (χ4n) is 2.48. The lowest BCUT2D eigenvalue weighted by atomic mass is 10.0. The molecule has 1 atom stereocenters. The summed E-state index contributed by atoms with van der Waals surface area (Å²) in [5.74, 6) is -1.74. The van der Waals surface area contributed by atoms with Gasteiger partial charge in [-0.2, -0.15) is 0 Å². The molecular formula is C15H19F2NO2. The summed E-state index contributed by atoms with van der Waals surface area (Å²) in [7, 11) is 0. The van der Waals surface area contributed by atoms with E-state index in [0.717, 1.165) is 12.8 Å². The standard InChI is InChI=1S/C15H19F2NO2/c1-9-7-14(17)12(8-13(9)16)10(2)18(11-3-4-11)6-5-15(19)20/h7-8,10-11H,3-6H2,1-2H3,(H,19,20). The number of hydrogen-bond acceptors (Lipinski definition) is 2. The minimum atomic E-state index is -0.876. The maximum absolute atomic E-state index is 14.0. The Morgan fingerprint density at radius 1 is 1.40 bits per heavy atom. The highest BCUT2D eigenvalue weighted by molar-refractivity contribution is 5.66. The predicted molar refractivity (Wildman–Crippen MR) is 71.5 cm³/mol. The van der Waals surface area contributed by atoms with Gasteiger partial charge in [-0.15, -0.1) is 0 Å². The van der Waals surface area contributed by atoms with Crippen LogP contribution in [0.2, 0.25) is 0 Å². The molecule has 1 aromatic rings. The summed E-state index contributed by atoms with van der Waals surface area (Å²) in [5.41, 5.74) is 0.576. The van der Waals surface area contributed by atoms with Crippen molar-refractivity contribution in [3.05, 3.63) is 34.9 Å². The lowest BCUT2D eigenvalue weighted by Gasteiger charge is -2.29. The molecule has 3 nitrogen and oxygen atoms in total. The van der Waals surface area contributed by atoms with Crippen molar-refractivity contribution in [1.82, 2.24) is 4.90 Å². The van der Waals surface area contributed by atoms with E-state index in [1.54, 1.807) is 6.92 Å². The minimum Gasteiger partial charge on any atom is -0.481 e. The summed E-state index contributed by atoms with van der Waals surface area (Å²) in [6.07, 6.45) is 1.98. The van der Waals surface area contributed by atoms with Crippen LogP contribution in [0.4, 0.5) is 8.78 Å². The summed E-state index contributed by atoms with van der Waals surface area (Å²) in [5, 5.41) is 8.79. The molecule has 1 aliphatic rings. The Morgan fingerprint density at radius 2 is 2.05 bits per heavy atom. The van der Waals surface area contributed by atoms with Crippen LogP contribution >= 0.6 is 0 Å². The van der Waals surface area contributed by atoms with E-state index in [1.807, 2.05) is 4.90 Å². The van der Waals surface area contributed by atoms with Crippen LogP contribution in [0.1, 0.15) is 43.4 Å². The van der Waals surface area contributed by atoms with Gasteiger partial charge in [-0.3, -0.25) is 9.69 Å². The van der Waals surface area contributed by atoms with Crippen LogP contribution in [0, 0.1) is 18.6 Å². The van der Waals surface area contributed by atoms with E-state index in [9.17, 15) is 13.6 Å². The molecule has 0 heterocycles. The number of aryl methyl sites for hydroxylation is 1. The third-order valence-corrected chi connectivity index (χ3v) is 3.83. The average molecular weight is 283 g/mol. The number of aliphatic carboxylic acids is 1. The number of benzene rings is 1. The number of carboxylic acid groups (broad SMARTS) is 1. The second-order valence-corrected chi connectivity index (χ2v) is 5.41. The quantitative estimate of drug-likeness (QED) is 0.871. The Kier molecular flexibility index (Phi) is 4.38. The Morgan fingerprint density at radius 3 is 2.60 bits per heavy atom. The molecule has 0 radical (unpaired) electrons. The first-order valence-electron chi connectivity index (χ1n) is 6.83. The van der Waals surface area contributed by atoms with E-state index in [2.05, 4.69) is 0 Å². The van der Waals surface area contributed by atoms with Crippen LogP contribution in [-0.4, -0.2) is 28.6 Å². The molecule has 5 heteroatoms. The molecule has 2 rings (SSSR count). The van der Waals surface area contributed by atoms with Gasteiger partial charge >= 0.3 is 5.97 Å². The number of nitrogens with zero attached hydrogens (tertiary/aromatic N) is 1. The van der Waals surface area contributed by atoms with E-state index in [-0.39, 0.29) is 24.1 Å². The van der Waals surface area contributed by atoms with E-state index in [0.29, 0.717) is 12.1 Å². The van der Waals surface area contributed by atoms with E-state index < -0.39 is 17.6 Å². The van der Waals surface area contributed by atoms with Crippen LogP contribution < -0.4 is 0 Å². The molecule has 1 unspecified atom stereocenters. The van der Waals surface area contributed by atoms with Gasteiger partial charge in [0, 0.05) is 24.2 Å². The zero-order valence-corrected chi connectivity index (χ0v) is 11.7. The SMILES string of the molecule is Cc1cc(F)c(C(C)N(CCC(=O)O)C2CC2)cc1F. The highest BCUT2D eigenvalue weighted by atomic mass is 19.1. The minimum absolute atomic E-state index is 0.0107. The van der Waals surface area contributed by atoms with Crippen molar-refractivity contribution < 1.29 is 18.7 Å². The number of halogens is 2. The summed E-state index contributed by atoms with van der Waals surface area (Å²) in [6.45, 7) is 3.68. The first-order valence-corrected chi connectivity index (χ1v) is 6.83. The second kappa shape index (κ2) is 5.87. The fraction of sp³-hybridized carbons (Fsp3) is 0.533. The highest BCUT2D eigenvalue weighted by Crippen LogP contribution is 2.35. The van der Waals surface area contributed by atoms with Gasteiger partial charge < -0.3 is 5.11 Å². The molecule has 0 amide bonds. The molecule has 1 saturated carbocycles. The van der Waals surface area contributed by atoms with Crippen molar-refractivity contribution in [3.63, 3.8) is 0 Å². The zero-order valence-electron chi connectivity index (χ0n) is 11.7. The Bertz CT molecular complexity index is 515. The van der Waals surface area contributed by atoms with Crippen molar-refractivity contribution in [2.45, 2.75) is 45.2 Å². The molecule has 0 aromatic heterocycles. The first-order chi connectivity index (χ1) is 9.40. The average Bonchev–Trinajstić information content (AvgIpc) is 3.18.